The summed E-state index contributed by atoms with van der Waals surface area (Å²) in [5, 5.41) is 8.31. The van der Waals surface area contributed by atoms with Crippen LogP contribution >= 0.6 is 0 Å². The van der Waals surface area contributed by atoms with Crippen molar-refractivity contribution in [2.24, 2.45) is 5.14 Å². The second-order valence-corrected chi connectivity index (χ2v) is 5.92. The number of rotatable bonds is 4. The molecule has 1 saturated heterocycles. The predicted octanol–water partition coefficient (Wildman–Crippen LogP) is -0.651. The molecule has 0 saturated carbocycles. The van der Waals surface area contributed by atoms with E-state index in [0.717, 1.165) is 32.4 Å². The molecular weight excluding hydrogens is 214 g/mol. The summed E-state index contributed by atoms with van der Waals surface area (Å²) >= 11 is 0. The molecule has 1 rings (SSSR count). The first-order valence-electron chi connectivity index (χ1n) is 5.40. The average Bonchev–Trinajstić information content (AvgIpc) is 2.41. The molecule has 1 aliphatic heterocycles. The summed E-state index contributed by atoms with van der Waals surface area (Å²) in [6, 6.07) is 0.488. The Morgan fingerprint density at radius 2 is 2.13 bits per heavy atom. The van der Waals surface area contributed by atoms with E-state index in [9.17, 15) is 8.42 Å². The first kappa shape index (κ1) is 12.9. The van der Waals surface area contributed by atoms with Crippen LogP contribution in [-0.2, 0) is 10.0 Å². The fourth-order valence-corrected chi connectivity index (χ4v) is 2.44. The topological polar surface area (TPSA) is 75.4 Å². The Morgan fingerprint density at radius 3 is 2.80 bits per heavy atom. The molecule has 90 valence electrons. The maximum atomic E-state index is 10.8. The average molecular weight is 235 g/mol. The molecule has 0 amide bonds. The largest absolute Gasteiger partial charge is 0.317 e. The van der Waals surface area contributed by atoms with E-state index in [1.807, 2.05) is 7.05 Å². The van der Waals surface area contributed by atoms with Gasteiger partial charge in [0.2, 0.25) is 10.0 Å². The highest BCUT2D eigenvalue weighted by Crippen LogP contribution is 2.11. The highest BCUT2D eigenvalue weighted by molar-refractivity contribution is 7.89. The highest BCUT2D eigenvalue weighted by Gasteiger charge is 2.17. The molecule has 1 atom stereocenters. The Bertz CT molecular complexity index is 271. The maximum absolute atomic E-state index is 10.8. The Hall–Kier alpha value is -0.170. The maximum Gasteiger partial charge on any atom is 0.210 e. The lowest BCUT2D eigenvalue weighted by Crippen LogP contribution is -2.37. The van der Waals surface area contributed by atoms with Gasteiger partial charge < -0.3 is 10.2 Å². The molecule has 0 aliphatic carbocycles. The van der Waals surface area contributed by atoms with Crippen LogP contribution in [0.3, 0.4) is 0 Å². The van der Waals surface area contributed by atoms with E-state index in [1.165, 1.54) is 0 Å². The van der Waals surface area contributed by atoms with E-state index in [1.54, 1.807) is 0 Å². The summed E-state index contributed by atoms with van der Waals surface area (Å²) in [5.74, 6) is 0.0490. The molecule has 1 unspecified atom stereocenters. The summed E-state index contributed by atoms with van der Waals surface area (Å²) in [7, 11) is -1.35. The normalized spacial score (nSPS) is 24.1. The number of nitrogens with two attached hydrogens (primary N) is 1. The number of primary sulfonamides is 1. The van der Waals surface area contributed by atoms with Crippen LogP contribution in [0.25, 0.3) is 0 Å². The van der Waals surface area contributed by atoms with E-state index in [0.29, 0.717) is 12.6 Å². The third-order valence-electron chi connectivity index (χ3n) is 2.90. The summed E-state index contributed by atoms with van der Waals surface area (Å²) in [5.41, 5.74) is 0. The van der Waals surface area contributed by atoms with Crippen LogP contribution in [0.15, 0.2) is 0 Å². The molecule has 1 heterocycles. The fraction of sp³-hybridized carbons (Fsp3) is 1.00. The van der Waals surface area contributed by atoms with Gasteiger partial charge in [0.15, 0.2) is 0 Å². The molecule has 0 radical (unpaired) electrons. The SMILES string of the molecule is CN(CCS(N)(=O)=O)C1CCCNCC1. The van der Waals surface area contributed by atoms with Crippen molar-refractivity contribution in [1.82, 2.24) is 10.2 Å². The molecule has 3 N–H and O–H groups in total. The molecule has 0 spiro atoms. The van der Waals surface area contributed by atoms with E-state index in [2.05, 4.69) is 10.2 Å². The molecule has 6 heteroatoms. The number of nitrogens with zero attached hydrogens (tertiary/aromatic N) is 1. The molecule has 0 aromatic heterocycles. The van der Waals surface area contributed by atoms with Gasteiger partial charge in [0, 0.05) is 12.6 Å². The Kier molecular flexibility index (Phi) is 4.98. The molecule has 0 aromatic rings. The Labute approximate surface area is 92.1 Å². The molecule has 1 fully saturated rings. The van der Waals surface area contributed by atoms with E-state index in [-0.39, 0.29) is 5.75 Å². The molecule has 0 aromatic carbocycles. The van der Waals surface area contributed by atoms with Gasteiger partial charge in [-0.15, -0.1) is 0 Å². The lowest BCUT2D eigenvalue weighted by atomic mass is 10.1. The lowest BCUT2D eigenvalue weighted by molar-refractivity contribution is 0.236. The van der Waals surface area contributed by atoms with Gasteiger partial charge in [0.25, 0.3) is 0 Å². The first-order chi connectivity index (χ1) is 6.99. The van der Waals surface area contributed by atoms with Gasteiger partial charge in [-0.05, 0) is 39.4 Å². The van der Waals surface area contributed by atoms with Crippen molar-refractivity contribution in [3.8, 4) is 0 Å². The zero-order valence-electron chi connectivity index (χ0n) is 9.28. The summed E-state index contributed by atoms with van der Waals surface area (Å²) < 4.78 is 21.7. The zero-order chi connectivity index (χ0) is 11.3. The van der Waals surface area contributed by atoms with Crippen molar-refractivity contribution in [1.29, 1.82) is 0 Å². The van der Waals surface area contributed by atoms with E-state index >= 15 is 0 Å². The van der Waals surface area contributed by atoms with Gasteiger partial charge in [-0.1, -0.05) is 0 Å². The second-order valence-electron chi connectivity index (χ2n) is 4.18. The highest BCUT2D eigenvalue weighted by atomic mass is 32.2. The van der Waals surface area contributed by atoms with Crippen LogP contribution in [0.5, 0.6) is 0 Å². The van der Waals surface area contributed by atoms with Crippen molar-refractivity contribution in [3.05, 3.63) is 0 Å². The number of sulfonamides is 1. The van der Waals surface area contributed by atoms with E-state index in [4.69, 9.17) is 5.14 Å². The molecule has 5 nitrogen and oxygen atoms in total. The summed E-state index contributed by atoms with van der Waals surface area (Å²) in [4.78, 5) is 2.11. The molecule has 0 bridgehead atoms. The minimum atomic E-state index is -3.32. The van der Waals surface area contributed by atoms with Crippen molar-refractivity contribution < 1.29 is 8.42 Å². The van der Waals surface area contributed by atoms with E-state index < -0.39 is 10.0 Å². The van der Waals surface area contributed by atoms with Gasteiger partial charge in [-0.25, -0.2) is 13.6 Å². The third kappa shape index (κ3) is 5.46. The minimum Gasteiger partial charge on any atom is -0.317 e. The number of nitrogens with one attached hydrogen (secondary N) is 1. The predicted molar refractivity (Wildman–Crippen MR) is 61.1 cm³/mol. The van der Waals surface area contributed by atoms with Gasteiger partial charge in [-0.2, -0.15) is 0 Å². The minimum absolute atomic E-state index is 0.0490. The van der Waals surface area contributed by atoms with Crippen molar-refractivity contribution in [2.45, 2.75) is 25.3 Å². The lowest BCUT2D eigenvalue weighted by Gasteiger charge is -2.26. The molecule has 15 heavy (non-hydrogen) atoms. The molecular formula is C9H21N3O2S. The Balaban J connectivity index is 2.34. The summed E-state index contributed by atoms with van der Waals surface area (Å²) in [6.45, 7) is 2.62. The standard InChI is InChI=1S/C9H21N3O2S/c1-12(7-8-15(10,13)14)9-3-2-5-11-6-4-9/h9,11H,2-8H2,1H3,(H2,10,13,14). The van der Waals surface area contributed by atoms with Crippen LogP contribution in [0.4, 0.5) is 0 Å². The van der Waals surface area contributed by atoms with Crippen molar-refractivity contribution in [2.75, 3.05) is 32.4 Å². The smallest absolute Gasteiger partial charge is 0.210 e. The van der Waals surface area contributed by atoms with Crippen LogP contribution in [-0.4, -0.2) is 51.8 Å². The molecule has 1 aliphatic rings. The Morgan fingerprint density at radius 1 is 1.40 bits per heavy atom. The second kappa shape index (κ2) is 5.79. The monoisotopic (exact) mass is 235 g/mol. The van der Waals surface area contributed by atoms with Crippen LogP contribution < -0.4 is 10.5 Å². The van der Waals surface area contributed by atoms with Crippen molar-refractivity contribution in [3.63, 3.8) is 0 Å². The van der Waals surface area contributed by atoms with Gasteiger partial charge in [0.1, 0.15) is 0 Å². The fourth-order valence-electron chi connectivity index (χ4n) is 1.90. The first-order valence-corrected chi connectivity index (χ1v) is 7.12. The quantitative estimate of drug-likeness (QED) is 0.679. The van der Waals surface area contributed by atoms with Crippen LogP contribution in [0, 0.1) is 0 Å². The van der Waals surface area contributed by atoms with Crippen molar-refractivity contribution >= 4 is 10.0 Å². The third-order valence-corrected chi connectivity index (χ3v) is 3.65. The summed E-state index contributed by atoms with van der Waals surface area (Å²) in [6.07, 6.45) is 3.37. The zero-order valence-corrected chi connectivity index (χ0v) is 10.1. The van der Waals surface area contributed by atoms with Crippen LogP contribution in [0.2, 0.25) is 0 Å². The van der Waals surface area contributed by atoms with Gasteiger partial charge >= 0.3 is 0 Å². The number of hydrogen-bond acceptors (Lipinski definition) is 4. The van der Waals surface area contributed by atoms with Gasteiger partial charge in [0.05, 0.1) is 5.75 Å². The number of hydrogen-bond donors (Lipinski definition) is 2. The van der Waals surface area contributed by atoms with Crippen LogP contribution in [0.1, 0.15) is 19.3 Å². The van der Waals surface area contributed by atoms with Gasteiger partial charge in [-0.3, -0.25) is 0 Å².